The number of nitroso groups, excluding NO2 is 1. The van der Waals surface area contributed by atoms with Crippen LogP contribution in [-0.2, 0) is 14.9 Å². The molecule has 0 saturated heterocycles. The number of rotatable bonds is 6. The lowest BCUT2D eigenvalue weighted by Gasteiger charge is -2.43. The van der Waals surface area contributed by atoms with Crippen molar-refractivity contribution >= 4 is 0 Å². The zero-order valence-electron chi connectivity index (χ0n) is 14.3. The zero-order valence-corrected chi connectivity index (χ0v) is 14.3. The Labute approximate surface area is 138 Å². The fraction of sp³-hybridized carbons (Fsp3) is 1.00. The SMILES string of the molecule is COOON([O-])C1CCCC(N=O)(C2(C)CCCCCC2)CC1. The summed E-state index contributed by atoms with van der Waals surface area (Å²) in [7, 11) is 1.27. The lowest BCUT2D eigenvalue weighted by atomic mass is 9.63. The Hall–Kier alpha value is -0.600. The highest BCUT2D eigenvalue weighted by molar-refractivity contribution is 5.04. The molecule has 2 atom stereocenters. The van der Waals surface area contributed by atoms with E-state index in [0.717, 1.165) is 38.5 Å². The molecule has 2 aliphatic carbocycles. The van der Waals surface area contributed by atoms with Gasteiger partial charge in [0.05, 0.1) is 7.11 Å². The van der Waals surface area contributed by atoms with Crippen molar-refractivity contribution in [2.75, 3.05) is 7.11 Å². The summed E-state index contributed by atoms with van der Waals surface area (Å²) in [5.41, 5.74) is -0.618. The Balaban J connectivity index is 2.06. The summed E-state index contributed by atoms with van der Waals surface area (Å²) in [5, 5.41) is 20.3. The van der Waals surface area contributed by atoms with E-state index in [9.17, 15) is 10.1 Å². The first-order valence-electron chi connectivity index (χ1n) is 8.75. The van der Waals surface area contributed by atoms with Gasteiger partial charge in [-0.1, -0.05) is 37.8 Å². The minimum Gasteiger partial charge on any atom is -0.760 e. The minimum absolute atomic E-state index is 0.0578. The van der Waals surface area contributed by atoms with Gasteiger partial charge in [-0.2, -0.15) is 4.91 Å². The molecule has 23 heavy (non-hydrogen) atoms. The third-order valence-corrected chi connectivity index (χ3v) is 5.99. The highest BCUT2D eigenvalue weighted by Gasteiger charge is 2.50. The number of nitrogens with zero attached hydrogens (tertiary/aromatic N) is 2. The standard InChI is InChI=1S/C16H29N2O5/c1-15(10-5-3-4-6-11-15)16(17-19)12-7-8-14(9-13-16)18(20)22-23-21-2/h14H,3-13H2,1-2H3/q-1. The Kier molecular flexibility index (Phi) is 6.91. The van der Waals surface area contributed by atoms with Crippen molar-refractivity contribution < 1.29 is 14.9 Å². The molecular weight excluding hydrogens is 300 g/mol. The maximum Gasteiger partial charge on any atom is 0.108 e. The zero-order chi connectivity index (χ0) is 16.8. The normalized spacial score (nSPS) is 32.3. The van der Waals surface area contributed by atoms with Crippen LogP contribution in [0.25, 0.3) is 0 Å². The summed E-state index contributed by atoms with van der Waals surface area (Å²) in [4.78, 5) is 20.7. The molecule has 0 N–H and O–H groups in total. The molecule has 0 radical (unpaired) electrons. The molecule has 2 fully saturated rings. The Morgan fingerprint density at radius 1 is 1.04 bits per heavy atom. The largest absolute Gasteiger partial charge is 0.760 e. The summed E-state index contributed by atoms with van der Waals surface area (Å²) in [5.74, 6) is 0. The van der Waals surface area contributed by atoms with Crippen molar-refractivity contribution in [3.8, 4) is 0 Å². The monoisotopic (exact) mass is 329 g/mol. The first-order valence-corrected chi connectivity index (χ1v) is 8.75. The first-order chi connectivity index (χ1) is 11.1. The molecule has 7 heteroatoms. The van der Waals surface area contributed by atoms with Crippen LogP contribution in [0.2, 0.25) is 0 Å². The molecule has 0 aromatic heterocycles. The van der Waals surface area contributed by atoms with Gasteiger partial charge in [0.25, 0.3) is 0 Å². The molecule has 0 bridgehead atoms. The summed E-state index contributed by atoms with van der Waals surface area (Å²) in [6, 6.07) is -0.330. The van der Waals surface area contributed by atoms with Crippen LogP contribution >= 0.6 is 0 Å². The summed E-state index contributed by atoms with van der Waals surface area (Å²) >= 11 is 0. The second kappa shape index (κ2) is 8.48. The van der Waals surface area contributed by atoms with E-state index in [1.165, 1.54) is 20.0 Å². The molecule has 2 unspecified atom stereocenters. The van der Waals surface area contributed by atoms with Crippen LogP contribution in [0.5, 0.6) is 0 Å². The van der Waals surface area contributed by atoms with Gasteiger partial charge in [0.2, 0.25) is 0 Å². The molecule has 0 aromatic rings. The van der Waals surface area contributed by atoms with Crippen molar-refractivity contribution in [2.24, 2.45) is 10.6 Å². The van der Waals surface area contributed by atoms with E-state index in [-0.39, 0.29) is 11.5 Å². The van der Waals surface area contributed by atoms with Crippen molar-refractivity contribution in [1.29, 1.82) is 0 Å². The number of hydroxylamine groups is 2. The van der Waals surface area contributed by atoms with Gasteiger partial charge < -0.3 is 5.21 Å². The van der Waals surface area contributed by atoms with E-state index in [2.05, 4.69) is 27.0 Å². The molecule has 0 aromatic carbocycles. The molecule has 7 nitrogen and oxygen atoms in total. The van der Waals surface area contributed by atoms with E-state index >= 15 is 0 Å². The van der Waals surface area contributed by atoms with E-state index in [1.54, 1.807) is 0 Å². The van der Waals surface area contributed by atoms with Crippen LogP contribution in [0.1, 0.15) is 77.6 Å². The quantitative estimate of drug-likeness (QED) is 0.311. The molecule has 0 amide bonds. The van der Waals surface area contributed by atoms with Gasteiger partial charge in [0.15, 0.2) is 0 Å². The van der Waals surface area contributed by atoms with E-state index in [0.29, 0.717) is 24.5 Å². The lowest BCUT2D eigenvalue weighted by molar-refractivity contribution is -0.570. The third-order valence-electron chi connectivity index (χ3n) is 5.99. The molecule has 2 saturated carbocycles. The van der Waals surface area contributed by atoms with Crippen molar-refractivity contribution in [3.63, 3.8) is 0 Å². The molecule has 134 valence electrons. The highest BCUT2D eigenvalue weighted by atomic mass is 17.6. The molecule has 2 aliphatic rings. The predicted molar refractivity (Wildman–Crippen MR) is 85.6 cm³/mol. The average Bonchev–Trinajstić information content (AvgIpc) is 2.92. The van der Waals surface area contributed by atoms with Gasteiger partial charge >= 0.3 is 0 Å². The van der Waals surface area contributed by atoms with Crippen LogP contribution in [0, 0.1) is 15.5 Å². The van der Waals surface area contributed by atoms with Gasteiger partial charge in [-0.3, -0.25) is 0 Å². The highest BCUT2D eigenvalue weighted by Crippen LogP contribution is 2.51. The predicted octanol–water partition coefficient (Wildman–Crippen LogP) is 4.41. The maximum absolute atomic E-state index is 11.9. The van der Waals surface area contributed by atoms with Crippen LogP contribution in [0.15, 0.2) is 5.18 Å². The van der Waals surface area contributed by atoms with E-state index < -0.39 is 5.54 Å². The molecular formula is C16H29N2O5-. The van der Waals surface area contributed by atoms with Gasteiger partial charge in [-0.15, -0.1) is 4.99 Å². The molecule has 0 heterocycles. The molecule has 0 spiro atoms. The van der Waals surface area contributed by atoms with Crippen LogP contribution in [0.4, 0.5) is 0 Å². The van der Waals surface area contributed by atoms with Crippen molar-refractivity contribution in [3.05, 3.63) is 10.1 Å². The van der Waals surface area contributed by atoms with Crippen molar-refractivity contribution in [2.45, 2.75) is 89.1 Å². The number of hydrogen-bond acceptors (Lipinski definition) is 7. The second-order valence-electron chi connectivity index (χ2n) is 7.28. The van der Waals surface area contributed by atoms with Gasteiger partial charge in [-0.25, -0.2) is 10.1 Å². The topological polar surface area (TPSA) is 83.4 Å². The second-order valence-corrected chi connectivity index (χ2v) is 7.28. The molecule has 0 aliphatic heterocycles. The summed E-state index contributed by atoms with van der Waals surface area (Å²) < 4.78 is 0. The van der Waals surface area contributed by atoms with Crippen LogP contribution in [0.3, 0.4) is 0 Å². The fourth-order valence-corrected chi connectivity index (χ4v) is 4.42. The Morgan fingerprint density at radius 3 is 2.35 bits per heavy atom. The van der Waals surface area contributed by atoms with Crippen molar-refractivity contribution in [1.82, 2.24) is 5.23 Å². The lowest BCUT2D eigenvalue weighted by Crippen LogP contribution is -2.44. The fourth-order valence-electron chi connectivity index (χ4n) is 4.42. The molecule has 2 rings (SSSR count). The minimum atomic E-state index is -0.560. The van der Waals surface area contributed by atoms with Crippen LogP contribution in [-0.4, -0.2) is 23.9 Å². The Bertz CT molecular complexity index is 373. The van der Waals surface area contributed by atoms with E-state index in [4.69, 9.17) is 0 Å². The third kappa shape index (κ3) is 4.28. The smallest absolute Gasteiger partial charge is 0.108 e. The van der Waals surface area contributed by atoms with Crippen LogP contribution < -0.4 is 0 Å². The summed E-state index contributed by atoms with van der Waals surface area (Å²) in [6.45, 7) is 2.22. The maximum atomic E-state index is 11.9. The van der Waals surface area contributed by atoms with Gasteiger partial charge in [-0.05, 0) is 55.4 Å². The first kappa shape index (κ1) is 18.7. The van der Waals surface area contributed by atoms with Gasteiger partial charge in [0.1, 0.15) is 5.54 Å². The van der Waals surface area contributed by atoms with E-state index in [1.807, 2.05) is 0 Å². The van der Waals surface area contributed by atoms with Gasteiger partial charge in [0, 0.05) is 6.04 Å². The Morgan fingerprint density at radius 2 is 1.74 bits per heavy atom. The summed E-state index contributed by atoms with van der Waals surface area (Å²) in [6.07, 6.45) is 10.3. The number of hydrogen-bond donors (Lipinski definition) is 0. The average molecular weight is 329 g/mol.